The van der Waals surface area contributed by atoms with E-state index in [1.54, 1.807) is 0 Å². The van der Waals surface area contributed by atoms with E-state index in [1.165, 1.54) is 16.7 Å². The van der Waals surface area contributed by atoms with Crippen LogP contribution in [-0.2, 0) is 29.6 Å². The van der Waals surface area contributed by atoms with Crippen LogP contribution in [0.3, 0.4) is 0 Å². The number of carboxylic acid groups (broad SMARTS) is 1. The fourth-order valence-corrected chi connectivity index (χ4v) is 9.09. The zero-order valence-corrected chi connectivity index (χ0v) is 32.7. The van der Waals surface area contributed by atoms with Crippen LogP contribution < -0.4 is 21.7 Å². The van der Waals surface area contributed by atoms with Crippen molar-refractivity contribution in [2.75, 3.05) is 31.1 Å². The van der Waals surface area contributed by atoms with E-state index in [-0.39, 0.29) is 64.8 Å². The van der Waals surface area contributed by atoms with Crippen LogP contribution >= 0.6 is 48.1 Å². The minimum atomic E-state index is -1.34. The maximum atomic E-state index is 14.2. The molecule has 3 aromatic carbocycles. The van der Waals surface area contributed by atoms with Crippen LogP contribution in [0.2, 0.25) is 0 Å². The number of thioether (sulfide) groups is 1. The molecule has 3 amide bonds. The van der Waals surface area contributed by atoms with Gasteiger partial charge in [-0.2, -0.15) is 9.36 Å². The summed E-state index contributed by atoms with van der Waals surface area (Å²) < 4.78 is 4.25. The van der Waals surface area contributed by atoms with E-state index >= 15 is 0 Å². The van der Waals surface area contributed by atoms with E-state index in [9.17, 15) is 24.3 Å². The van der Waals surface area contributed by atoms with Crippen molar-refractivity contribution in [1.29, 1.82) is 0 Å². The number of benzene rings is 3. The van der Waals surface area contributed by atoms with Gasteiger partial charge in [0.05, 0.1) is 0 Å². The standard InChI is InChI=1S/C38H34N8O6S2.2ClH/c39-37-43-31(45-54-37)28(44-52-38(22-10-4-1-5-11-22,23-12-6-2-7-13-23)24-14-8-3-9-15-24)33(48)42-29-34(49)46-30(36(50)51)26(20-53-35(29)46)27(21-18-40-19-21)25-16-17-41-32(25)47;;/h1-15,21,29,35,40H,16-20H2,(H,41,47)(H,42,48)(H,50,51)(H2,39,43,45);2*1H/t29-,35-;;/m1../s1. The number of nitrogens with zero attached hydrogens (tertiary/aromatic N) is 4. The Bertz CT molecular complexity index is 2140. The molecule has 5 heterocycles. The summed E-state index contributed by atoms with van der Waals surface area (Å²) in [5, 5.41) is 23.1. The van der Waals surface area contributed by atoms with E-state index in [2.05, 4.69) is 30.5 Å². The van der Waals surface area contributed by atoms with E-state index in [0.29, 0.717) is 42.8 Å². The third-order valence-corrected chi connectivity index (χ3v) is 11.7. The average molecular weight is 836 g/mol. The normalized spacial score (nSPS) is 20.4. The van der Waals surface area contributed by atoms with E-state index < -0.39 is 34.8 Å². The van der Waals surface area contributed by atoms with Crippen molar-refractivity contribution in [3.8, 4) is 0 Å². The molecule has 0 bridgehead atoms. The molecule has 0 unspecified atom stereocenters. The predicted molar refractivity (Wildman–Crippen MR) is 216 cm³/mol. The smallest absolute Gasteiger partial charge is 0.352 e. The number of rotatable bonds is 11. The van der Waals surface area contributed by atoms with Crippen LogP contribution in [-0.4, -0.2) is 85.6 Å². The third kappa shape index (κ3) is 7.14. The number of carboxylic acids is 1. The second-order valence-electron chi connectivity index (χ2n) is 13.0. The SMILES string of the molecule is Cl.Cl.Nc1nc(C(=NOC(c2ccccc2)(c2ccccc2)c2ccccc2)C(=O)N[C@@H]2C(=O)N3C(C(=O)O)=C(C(=C4CCNC4=O)C4CNC4)CS[C@H]23)ns1. The zero-order valence-electron chi connectivity index (χ0n) is 29.4. The lowest BCUT2D eigenvalue weighted by Gasteiger charge is -2.50. The molecule has 0 saturated carbocycles. The maximum Gasteiger partial charge on any atom is 0.352 e. The Hall–Kier alpha value is -5.26. The first-order valence-corrected chi connectivity index (χ1v) is 19.1. The summed E-state index contributed by atoms with van der Waals surface area (Å²) in [4.78, 5) is 65.7. The van der Waals surface area contributed by atoms with Gasteiger partial charge in [-0.25, -0.2) is 4.79 Å². The van der Waals surface area contributed by atoms with E-state index in [0.717, 1.165) is 28.2 Å². The van der Waals surface area contributed by atoms with Gasteiger partial charge in [0.2, 0.25) is 23.0 Å². The summed E-state index contributed by atoms with van der Waals surface area (Å²) in [6.07, 6.45) is 0.473. The Kier molecular flexibility index (Phi) is 12.2. The Labute approximate surface area is 342 Å². The van der Waals surface area contributed by atoms with Gasteiger partial charge >= 0.3 is 5.97 Å². The second-order valence-corrected chi connectivity index (χ2v) is 14.9. The molecule has 8 rings (SSSR count). The minimum absolute atomic E-state index is 0. The number of carbonyl (C=O) groups is 4. The van der Waals surface area contributed by atoms with Gasteiger partial charge in [0.25, 0.3) is 11.8 Å². The molecule has 56 heavy (non-hydrogen) atoms. The fourth-order valence-electron chi connectivity index (χ4n) is 7.29. The van der Waals surface area contributed by atoms with Gasteiger partial charge in [0.15, 0.2) is 5.13 Å². The van der Waals surface area contributed by atoms with Crippen molar-refractivity contribution >= 4 is 82.6 Å². The van der Waals surface area contributed by atoms with Gasteiger partial charge < -0.3 is 31.6 Å². The number of nitrogens with one attached hydrogen (secondary N) is 3. The lowest BCUT2D eigenvalue weighted by molar-refractivity contribution is -0.150. The summed E-state index contributed by atoms with van der Waals surface area (Å²) in [7, 11) is 0. The van der Waals surface area contributed by atoms with Gasteiger partial charge in [-0.15, -0.1) is 36.6 Å². The Balaban J connectivity index is 0.00000266. The van der Waals surface area contributed by atoms with Crippen LogP contribution in [0.4, 0.5) is 5.13 Å². The number of hydrogen-bond donors (Lipinski definition) is 5. The molecule has 3 saturated heterocycles. The first kappa shape index (κ1) is 40.4. The van der Waals surface area contributed by atoms with Gasteiger partial charge in [-0.3, -0.25) is 19.3 Å². The maximum absolute atomic E-state index is 14.2. The van der Waals surface area contributed by atoms with E-state index in [1.807, 2.05) is 91.0 Å². The van der Waals surface area contributed by atoms with Gasteiger partial charge in [-0.1, -0.05) is 96.2 Å². The average Bonchev–Trinajstić information content (AvgIpc) is 3.81. The molecule has 2 atom stereocenters. The number of amides is 3. The summed E-state index contributed by atoms with van der Waals surface area (Å²) in [6, 6.07) is 27.3. The van der Waals surface area contributed by atoms with Gasteiger partial charge in [-0.05, 0) is 17.6 Å². The fraction of sp³-hybridized carbons (Fsp3) is 0.237. The zero-order chi connectivity index (χ0) is 37.4. The minimum Gasteiger partial charge on any atom is -0.477 e. The van der Waals surface area contributed by atoms with Crippen molar-refractivity contribution in [2.24, 2.45) is 11.1 Å². The van der Waals surface area contributed by atoms with Crippen molar-refractivity contribution in [2.45, 2.75) is 23.4 Å². The van der Waals surface area contributed by atoms with Crippen LogP contribution in [0, 0.1) is 5.92 Å². The molecule has 4 aliphatic heterocycles. The van der Waals surface area contributed by atoms with Crippen LogP contribution in [0.5, 0.6) is 0 Å². The number of carbonyl (C=O) groups excluding carboxylic acids is 3. The predicted octanol–water partition coefficient (Wildman–Crippen LogP) is 3.45. The number of anilines is 1. The van der Waals surface area contributed by atoms with Crippen molar-refractivity contribution in [3.63, 3.8) is 0 Å². The third-order valence-electron chi connectivity index (χ3n) is 9.92. The summed E-state index contributed by atoms with van der Waals surface area (Å²) >= 11 is 2.19. The molecule has 290 valence electrons. The topological polar surface area (TPSA) is 201 Å². The van der Waals surface area contributed by atoms with Crippen LogP contribution in [0.15, 0.2) is 119 Å². The summed E-state index contributed by atoms with van der Waals surface area (Å²) in [5.74, 6) is -2.85. The molecule has 14 nitrogen and oxygen atoms in total. The van der Waals surface area contributed by atoms with Crippen molar-refractivity contribution in [3.05, 3.63) is 136 Å². The molecule has 6 N–H and O–H groups in total. The molecular formula is C38H36Cl2N8O6S2. The van der Waals surface area contributed by atoms with Crippen molar-refractivity contribution in [1.82, 2.24) is 30.2 Å². The molecule has 0 spiro atoms. The largest absolute Gasteiger partial charge is 0.477 e. The lowest BCUT2D eigenvalue weighted by Crippen LogP contribution is -2.71. The number of nitrogens with two attached hydrogens (primary N) is 1. The molecule has 1 aromatic heterocycles. The monoisotopic (exact) mass is 834 g/mol. The Morgan fingerprint density at radius 1 is 0.946 bits per heavy atom. The highest BCUT2D eigenvalue weighted by Gasteiger charge is 2.55. The van der Waals surface area contributed by atoms with E-state index in [4.69, 9.17) is 10.6 Å². The van der Waals surface area contributed by atoms with Gasteiger partial charge in [0.1, 0.15) is 17.1 Å². The molecule has 0 aliphatic carbocycles. The number of hydrogen-bond acceptors (Lipinski definition) is 12. The number of nitrogen functional groups attached to an aromatic ring is 1. The Morgan fingerprint density at radius 3 is 2.00 bits per heavy atom. The quantitative estimate of drug-likeness (QED) is 0.0488. The molecule has 4 aromatic rings. The molecule has 0 radical (unpaired) electrons. The first-order chi connectivity index (χ1) is 26.3. The molecule has 18 heteroatoms. The highest BCUT2D eigenvalue weighted by Crippen LogP contribution is 2.45. The van der Waals surface area contributed by atoms with Crippen LogP contribution in [0.25, 0.3) is 0 Å². The highest BCUT2D eigenvalue weighted by atomic mass is 35.5. The summed E-state index contributed by atoms with van der Waals surface area (Å²) in [6.45, 7) is 1.67. The number of aromatic nitrogens is 2. The van der Waals surface area contributed by atoms with Crippen LogP contribution in [0.1, 0.15) is 28.9 Å². The number of halogens is 2. The lowest BCUT2D eigenvalue weighted by atomic mass is 9.80. The molecule has 3 fully saturated rings. The van der Waals surface area contributed by atoms with Gasteiger partial charge in [0, 0.05) is 65.1 Å². The van der Waals surface area contributed by atoms with Crippen molar-refractivity contribution < 1.29 is 29.1 Å². The molecule has 4 aliphatic rings. The summed E-state index contributed by atoms with van der Waals surface area (Å²) in [5.41, 5.74) is 7.99. The number of fused-ring (bicyclic) bond motifs is 1. The Morgan fingerprint density at radius 2 is 1.54 bits per heavy atom. The number of β-lactam (4-membered cyclic amide) rings is 1. The molecular weight excluding hydrogens is 800 g/mol. The number of aliphatic carboxylic acids is 1. The first-order valence-electron chi connectivity index (χ1n) is 17.2. The number of oxime groups is 1. The highest BCUT2D eigenvalue weighted by molar-refractivity contribution is 8.00. The second kappa shape index (κ2) is 16.9.